The first-order valence-corrected chi connectivity index (χ1v) is 15.7. The van der Waals surface area contributed by atoms with Crippen LogP contribution >= 0.6 is 0 Å². The molecule has 4 nitrogen and oxygen atoms in total. The van der Waals surface area contributed by atoms with Crippen molar-refractivity contribution in [1.29, 1.82) is 0 Å². The summed E-state index contributed by atoms with van der Waals surface area (Å²) in [5.41, 5.74) is 5.24. The van der Waals surface area contributed by atoms with E-state index in [1.54, 1.807) is 0 Å². The van der Waals surface area contributed by atoms with Crippen LogP contribution in [0.25, 0.3) is 0 Å². The Labute approximate surface area is 238 Å². The van der Waals surface area contributed by atoms with Crippen molar-refractivity contribution in [1.82, 2.24) is 4.90 Å². The second-order valence-electron chi connectivity index (χ2n) is 12.9. The molecular formula is C36H41NO3. The van der Waals surface area contributed by atoms with E-state index in [1.165, 1.54) is 48.1 Å². The van der Waals surface area contributed by atoms with Crippen LogP contribution in [0.2, 0.25) is 0 Å². The molecule has 5 aliphatic rings. The first-order valence-electron chi connectivity index (χ1n) is 15.7. The van der Waals surface area contributed by atoms with Gasteiger partial charge >= 0.3 is 0 Å². The predicted octanol–water partition coefficient (Wildman–Crippen LogP) is 6.88. The maximum absolute atomic E-state index is 7.35. The summed E-state index contributed by atoms with van der Waals surface area (Å²) >= 11 is 0. The fourth-order valence-corrected chi connectivity index (χ4v) is 8.75. The van der Waals surface area contributed by atoms with Crippen LogP contribution in [0.1, 0.15) is 67.2 Å². The summed E-state index contributed by atoms with van der Waals surface area (Å²) in [5.74, 6) is 2.81. The molecule has 3 aliphatic carbocycles. The molecular weight excluding hydrogens is 494 g/mol. The van der Waals surface area contributed by atoms with Gasteiger partial charge in [-0.1, -0.05) is 66.7 Å². The number of hydrogen-bond acceptors (Lipinski definition) is 4. The summed E-state index contributed by atoms with van der Waals surface area (Å²) in [5, 5.41) is 0. The molecule has 40 heavy (non-hydrogen) atoms. The van der Waals surface area contributed by atoms with Gasteiger partial charge in [0, 0.05) is 24.8 Å². The topological polar surface area (TPSA) is 30.9 Å². The Hall–Kier alpha value is -2.82. The Balaban J connectivity index is 1.14. The summed E-state index contributed by atoms with van der Waals surface area (Å²) in [6.45, 7) is 3.77. The number of ether oxygens (including phenoxy) is 3. The molecule has 3 aromatic carbocycles. The van der Waals surface area contributed by atoms with E-state index >= 15 is 0 Å². The Morgan fingerprint density at radius 3 is 2.48 bits per heavy atom. The fraction of sp³-hybridized carbons (Fsp3) is 0.500. The lowest BCUT2D eigenvalue weighted by Gasteiger charge is -2.65. The second-order valence-corrected chi connectivity index (χ2v) is 12.9. The SMILES string of the molecule is c1ccc(CCCOC23CCC[C@@H]4Oc5c(OCc6ccccc6)ccc6c5[C@@]42CCN(CC2CC2)[C@@H]3C6)cc1. The number of aryl methyl sites for hydroxylation is 1. The quantitative estimate of drug-likeness (QED) is 0.265. The van der Waals surface area contributed by atoms with Crippen molar-refractivity contribution in [3.8, 4) is 11.5 Å². The highest BCUT2D eigenvalue weighted by Gasteiger charge is 2.72. The third kappa shape index (κ3) is 3.94. The van der Waals surface area contributed by atoms with E-state index in [0.717, 1.165) is 69.1 Å². The summed E-state index contributed by atoms with van der Waals surface area (Å²) in [4.78, 5) is 2.84. The van der Waals surface area contributed by atoms with Crippen molar-refractivity contribution >= 4 is 0 Å². The third-order valence-electron chi connectivity index (χ3n) is 10.7. The highest BCUT2D eigenvalue weighted by atomic mass is 16.5. The third-order valence-corrected chi connectivity index (χ3v) is 10.7. The summed E-state index contributed by atoms with van der Waals surface area (Å²) in [6.07, 6.45) is 10.7. The average Bonchev–Trinajstić information content (AvgIpc) is 3.75. The largest absolute Gasteiger partial charge is 0.485 e. The average molecular weight is 536 g/mol. The predicted molar refractivity (Wildman–Crippen MR) is 157 cm³/mol. The van der Waals surface area contributed by atoms with Crippen molar-refractivity contribution in [3.05, 3.63) is 95.1 Å². The van der Waals surface area contributed by atoms with Gasteiger partial charge in [0.05, 0.1) is 11.0 Å². The van der Waals surface area contributed by atoms with Gasteiger partial charge in [-0.15, -0.1) is 0 Å². The van der Waals surface area contributed by atoms with Crippen LogP contribution in [0.15, 0.2) is 72.8 Å². The fourth-order valence-electron chi connectivity index (χ4n) is 8.75. The van der Waals surface area contributed by atoms with Gasteiger partial charge in [0.2, 0.25) is 0 Å². The van der Waals surface area contributed by atoms with Crippen LogP contribution in [0, 0.1) is 5.92 Å². The van der Waals surface area contributed by atoms with Gasteiger partial charge in [0.15, 0.2) is 11.5 Å². The van der Waals surface area contributed by atoms with Crippen molar-refractivity contribution in [2.24, 2.45) is 5.92 Å². The normalized spacial score (nSPS) is 30.0. The molecule has 0 radical (unpaired) electrons. The number of nitrogens with zero attached hydrogens (tertiary/aromatic N) is 1. The van der Waals surface area contributed by atoms with E-state index in [-0.39, 0.29) is 17.1 Å². The first kappa shape index (κ1) is 24.9. The number of piperidine rings is 1. The van der Waals surface area contributed by atoms with Gasteiger partial charge < -0.3 is 14.2 Å². The zero-order valence-electron chi connectivity index (χ0n) is 23.5. The second kappa shape index (κ2) is 9.92. The first-order chi connectivity index (χ1) is 19.8. The van der Waals surface area contributed by atoms with Crippen molar-refractivity contribution in [2.75, 3.05) is 19.7 Å². The standard InChI is InChI=1S/C36H41NO3/c1-3-9-26(10-4-1)13-8-22-39-36-19-7-14-32-35(36)20-21-37(24-27-15-16-27)31(36)23-29-17-18-30(34(40-32)33(29)35)38-25-28-11-5-2-6-12-28/h1-6,9-12,17-18,27,31-32H,7-8,13-16,19-25H2/t31-,32+,35-,36?/m1/s1. The van der Waals surface area contributed by atoms with E-state index in [9.17, 15) is 0 Å². The van der Waals surface area contributed by atoms with Crippen molar-refractivity contribution in [2.45, 2.75) is 87.6 Å². The molecule has 1 spiro atoms. The van der Waals surface area contributed by atoms with Crippen LogP contribution < -0.4 is 9.47 Å². The molecule has 3 fully saturated rings. The molecule has 3 aromatic rings. The zero-order valence-corrected chi connectivity index (χ0v) is 23.5. The number of likely N-dealkylation sites (tertiary alicyclic amines) is 1. The van der Waals surface area contributed by atoms with Gasteiger partial charge in [0.1, 0.15) is 12.7 Å². The molecule has 2 heterocycles. The van der Waals surface area contributed by atoms with Crippen LogP contribution in [0.3, 0.4) is 0 Å². The Kier molecular flexibility index (Phi) is 6.18. The zero-order chi connectivity index (χ0) is 26.6. The maximum atomic E-state index is 7.35. The number of benzene rings is 3. The summed E-state index contributed by atoms with van der Waals surface area (Å²) < 4.78 is 20.8. The van der Waals surface area contributed by atoms with E-state index < -0.39 is 0 Å². The lowest BCUT2D eigenvalue weighted by atomic mass is 9.49. The highest BCUT2D eigenvalue weighted by Crippen LogP contribution is 2.67. The molecule has 0 N–H and O–H groups in total. The molecule has 1 saturated heterocycles. The number of hydrogen-bond donors (Lipinski definition) is 0. The molecule has 2 saturated carbocycles. The molecule has 0 amide bonds. The molecule has 0 aromatic heterocycles. The van der Waals surface area contributed by atoms with Crippen LogP contribution in [-0.4, -0.2) is 42.3 Å². The van der Waals surface area contributed by atoms with E-state index in [1.807, 2.05) is 0 Å². The van der Waals surface area contributed by atoms with Gasteiger partial charge in [-0.05, 0) is 93.0 Å². The number of rotatable bonds is 10. The lowest BCUT2D eigenvalue weighted by Crippen LogP contribution is -2.76. The molecule has 4 atom stereocenters. The van der Waals surface area contributed by atoms with E-state index in [0.29, 0.717) is 12.6 Å². The lowest BCUT2D eigenvalue weighted by molar-refractivity contribution is -0.216. The Morgan fingerprint density at radius 2 is 1.68 bits per heavy atom. The monoisotopic (exact) mass is 535 g/mol. The van der Waals surface area contributed by atoms with Crippen LogP contribution in [0.4, 0.5) is 0 Å². The summed E-state index contributed by atoms with van der Waals surface area (Å²) in [6, 6.07) is 26.3. The van der Waals surface area contributed by atoms with E-state index in [4.69, 9.17) is 14.2 Å². The van der Waals surface area contributed by atoms with Crippen LogP contribution in [0.5, 0.6) is 11.5 Å². The molecule has 2 aliphatic heterocycles. The smallest absolute Gasteiger partial charge is 0.165 e. The summed E-state index contributed by atoms with van der Waals surface area (Å²) in [7, 11) is 0. The Morgan fingerprint density at radius 1 is 0.875 bits per heavy atom. The minimum Gasteiger partial charge on any atom is -0.485 e. The van der Waals surface area contributed by atoms with Crippen LogP contribution in [-0.2, 0) is 29.6 Å². The molecule has 2 bridgehead atoms. The molecule has 208 valence electrons. The van der Waals surface area contributed by atoms with E-state index in [2.05, 4.69) is 77.7 Å². The highest BCUT2D eigenvalue weighted by molar-refractivity contribution is 5.62. The van der Waals surface area contributed by atoms with Crippen molar-refractivity contribution < 1.29 is 14.2 Å². The van der Waals surface area contributed by atoms with Gasteiger partial charge in [-0.25, -0.2) is 0 Å². The Bertz CT molecular complexity index is 1360. The molecule has 1 unspecified atom stereocenters. The van der Waals surface area contributed by atoms with Gasteiger partial charge in [0.25, 0.3) is 0 Å². The molecule has 4 heteroatoms. The molecule has 8 rings (SSSR count). The van der Waals surface area contributed by atoms with Crippen molar-refractivity contribution in [3.63, 3.8) is 0 Å². The minimum absolute atomic E-state index is 0.0717. The maximum Gasteiger partial charge on any atom is 0.165 e. The van der Waals surface area contributed by atoms with Gasteiger partial charge in [-0.3, -0.25) is 4.90 Å². The van der Waals surface area contributed by atoms with Gasteiger partial charge in [-0.2, -0.15) is 0 Å². The minimum atomic E-state index is -0.184.